The molecule has 1 aliphatic heterocycles. The Balaban J connectivity index is 2.02. The van der Waals surface area contributed by atoms with Crippen molar-refractivity contribution in [2.24, 2.45) is 7.05 Å². The summed E-state index contributed by atoms with van der Waals surface area (Å²) in [6.07, 6.45) is 4.95. The molecular weight excluding hydrogens is 292 g/mol. The van der Waals surface area contributed by atoms with Crippen LogP contribution in [0.4, 0.5) is 0 Å². The average Bonchev–Trinajstić information content (AvgIpc) is 2.87. The van der Waals surface area contributed by atoms with E-state index in [4.69, 9.17) is 0 Å². The molecule has 0 unspecified atom stereocenters. The number of aromatic nitrogens is 3. The van der Waals surface area contributed by atoms with Gasteiger partial charge in [-0.2, -0.15) is 4.31 Å². The van der Waals surface area contributed by atoms with Crippen LogP contribution in [0.1, 0.15) is 11.4 Å². The van der Waals surface area contributed by atoms with Gasteiger partial charge in [-0.05, 0) is 12.1 Å². The van der Waals surface area contributed by atoms with Gasteiger partial charge >= 0.3 is 0 Å². The van der Waals surface area contributed by atoms with Gasteiger partial charge in [0, 0.05) is 31.6 Å². The molecule has 0 radical (unpaired) electrons. The summed E-state index contributed by atoms with van der Waals surface area (Å²) in [4.78, 5) is 8.23. The lowest BCUT2D eigenvalue weighted by Gasteiger charge is -2.33. The molecule has 3 heterocycles. The Morgan fingerprint density at radius 1 is 1.48 bits per heavy atom. The van der Waals surface area contributed by atoms with Gasteiger partial charge in [0.2, 0.25) is 10.0 Å². The summed E-state index contributed by atoms with van der Waals surface area (Å²) < 4.78 is 28.6. The highest BCUT2D eigenvalue weighted by Gasteiger charge is 2.37. The lowest BCUT2D eigenvalue weighted by molar-refractivity contribution is 0.170. The van der Waals surface area contributed by atoms with Crippen molar-refractivity contribution >= 4 is 10.0 Å². The van der Waals surface area contributed by atoms with Crippen molar-refractivity contribution in [2.75, 3.05) is 6.61 Å². The number of nitrogens with zero attached hydrogens (tertiary/aromatic N) is 4. The Kier molecular flexibility index (Phi) is 3.52. The Hall–Kier alpha value is -1.77. The number of pyridine rings is 1. The smallest absolute Gasteiger partial charge is 0.245 e. The van der Waals surface area contributed by atoms with Crippen LogP contribution < -0.4 is 0 Å². The fraction of sp³-hybridized carbons (Fsp3) is 0.385. The quantitative estimate of drug-likeness (QED) is 0.857. The highest BCUT2D eigenvalue weighted by Crippen LogP contribution is 2.27. The van der Waals surface area contributed by atoms with Crippen molar-refractivity contribution in [3.63, 3.8) is 0 Å². The van der Waals surface area contributed by atoms with Crippen LogP contribution in [0.3, 0.4) is 0 Å². The zero-order valence-corrected chi connectivity index (χ0v) is 12.4. The number of hydrogen-bond acceptors (Lipinski definition) is 5. The zero-order valence-electron chi connectivity index (χ0n) is 11.5. The molecule has 2 aromatic rings. The van der Waals surface area contributed by atoms with Gasteiger partial charge < -0.3 is 9.67 Å². The number of aliphatic hydroxyl groups is 1. The monoisotopic (exact) mass is 308 g/mol. The number of hydrogen-bond donors (Lipinski definition) is 1. The Morgan fingerprint density at radius 3 is 2.95 bits per heavy atom. The molecule has 3 rings (SSSR count). The number of aryl methyl sites for hydroxylation is 1. The summed E-state index contributed by atoms with van der Waals surface area (Å²) >= 11 is 0. The predicted octanol–water partition coefficient (Wildman–Crippen LogP) is -0.0770. The van der Waals surface area contributed by atoms with Crippen LogP contribution in [-0.2, 0) is 30.0 Å². The van der Waals surface area contributed by atoms with E-state index in [2.05, 4.69) is 9.97 Å². The van der Waals surface area contributed by atoms with Crippen LogP contribution in [0, 0.1) is 0 Å². The van der Waals surface area contributed by atoms with Gasteiger partial charge in [0.25, 0.3) is 0 Å². The van der Waals surface area contributed by atoms with Gasteiger partial charge in [-0.25, -0.2) is 13.4 Å². The molecule has 0 amide bonds. The second kappa shape index (κ2) is 5.21. The minimum Gasteiger partial charge on any atom is -0.395 e. The first-order valence-electron chi connectivity index (χ1n) is 6.56. The highest BCUT2D eigenvalue weighted by molar-refractivity contribution is 7.89. The third-order valence-electron chi connectivity index (χ3n) is 3.74. The van der Waals surface area contributed by atoms with Crippen LogP contribution in [0.25, 0.3) is 0 Å². The maximum atomic E-state index is 12.7. The van der Waals surface area contributed by atoms with Crippen molar-refractivity contribution in [2.45, 2.75) is 23.9 Å². The molecule has 21 heavy (non-hydrogen) atoms. The van der Waals surface area contributed by atoms with Crippen LogP contribution >= 0.6 is 0 Å². The lowest BCUT2D eigenvalue weighted by atomic mass is 10.1. The minimum absolute atomic E-state index is 0.128. The summed E-state index contributed by atoms with van der Waals surface area (Å²) in [5.41, 5.74) is 1.70. The molecule has 0 saturated heterocycles. The number of imidazole rings is 1. The lowest BCUT2D eigenvalue weighted by Crippen LogP contribution is -2.46. The molecule has 0 aliphatic carbocycles. The van der Waals surface area contributed by atoms with E-state index in [9.17, 15) is 13.5 Å². The third kappa shape index (κ3) is 2.35. The Labute approximate surface area is 122 Å². The molecular formula is C13H16N4O3S. The predicted molar refractivity (Wildman–Crippen MR) is 74.8 cm³/mol. The molecule has 0 saturated carbocycles. The average molecular weight is 308 g/mol. The van der Waals surface area contributed by atoms with Crippen LogP contribution in [0.2, 0.25) is 0 Å². The third-order valence-corrected chi connectivity index (χ3v) is 5.62. The second-order valence-electron chi connectivity index (χ2n) is 5.03. The number of rotatable bonds is 3. The molecule has 2 aromatic heterocycles. The summed E-state index contributed by atoms with van der Waals surface area (Å²) in [7, 11) is -1.83. The van der Waals surface area contributed by atoms with Crippen LogP contribution in [0.5, 0.6) is 0 Å². The van der Waals surface area contributed by atoms with E-state index in [0.29, 0.717) is 6.42 Å². The molecule has 1 aliphatic rings. The fourth-order valence-electron chi connectivity index (χ4n) is 2.57. The van der Waals surface area contributed by atoms with Gasteiger partial charge in [0.15, 0.2) is 0 Å². The van der Waals surface area contributed by atoms with Gasteiger partial charge in [-0.1, -0.05) is 0 Å². The van der Waals surface area contributed by atoms with Crippen molar-refractivity contribution < 1.29 is 13.5 Å². The first-order valence-corrected chi connectivity index (χ1v) is 8.00. The molecule has 8 heteroatoms. The standard InChI is InChI=1S/C13H16N4O3S/c1-16-9-15-12-7-17(10(8-18)5-13(12)16)21(19,20)11-3-2-4-14-6-11/h2-4,6,9-10,18H,5,7-8H2,1H3/t10-/m0/s1. The summed E-state index contributed by atoms with van der Waals surface area (Å²) in [5, 5.41) is 9.57. The number of aliphatic hydroxyl groups excluding tert-OH is 1. The highest BCUT2D eigenvalue weighted by atomic mass is 32.2. The molecule has 7 nitrogen and oxygen atoms in total. The normalized spacial score (nSPS) is 19.4. The molecule has 0 spiro atoms. The molecule has 112 valence electrons. The van der Waals surface area contributed by atoms with Crippen LogP contribution in [-0.4, -0.2) is 45.0 Å². The number of sulfonamides is 1. The molecule has 0 fully saturated rings. The first-order chi connectivity index (χ1) is 10.0. The summed E-state index contributed by atoms with van der Waals surface area (Å²) in [5.74, 6) is 0. The maximum Gasteiger partial charge on any atom is 0.245 e. The number of fused-ring (bicyclic) bond motifs is 1. The van der Waals surface area contributed by atoms with E-state index in [-0.39, 0.29) is 18.0 Å². The molecule has 0 bridgehead atoms. The van der Waals surface area contributed by atoms with E-state index >= 15 is 0 Å². The van der Waals surface area contributed by atoms with Gasteiger partial charge in [-0.3, -0.25) is 4.98 Å². The minimum atomic E-state index is -3.70. The largest absolute Gasteiger partial charge is 0.395 e. The van der Waals surface area contributed by atoms with Crippen molar-refractivity contribution in [3.8, 4) is 0 Å². The van der Waals surface area contributed by atoms with Gasteiger partial charge in [0.05, 0.1) is 31.2 Å². The SMILES string of the molecule is Cn1cnc2c1C[C@@H](CO)N(S(=O)(=O)c1cccnc1)C2. The zero-order chi connectivity index (χ0) is 15.0. The van der Waals surface area contributed by atoms with Crippen molar-refractivity contribution in [1.82, 2.24) is 18.8 Å². The topological polar surface area (TPSA) is 88.3 Å². The van der Waals surface area contributed by atoms with E-state index in [1.165, 1.54) is 22.8 Å². The Bertz CT molecular complexity index is 742. The summed E-state index contributed by atoms with van der Waals surface area (Å²) in [6, 6.07) is 2.60. The molecule has 1 N–H and O–H groups in total. The van der Waals surface area contributed by atoms with Crippen LogP contribution in [0.15, 0.2) is 35.7 Å². The Morgan fingerprint density at radius 2 is 2.29 bits per heavy atom. The van der Waals surface area contributed by atoms with Gasteiger partial charge in [0.1, 0.15) is 4.90 Å². The van der Waals surface area contributed by atoms with E-state index in [1.807, 2.05) is 11.6 Å². The first kappa shape index (κ1) is 14.2. The second-order valence-corrected chi connectivity index (χ2v) is 6.92. The van der Waals surface area contributed by atoms with Crippen molar-refractivity contribution in [1.29, 1.82) is 0 Å². The van der Waals surface area contributed by atoms with Crippen molar-refractivity contribution in [3.05, 3.63) is 42.2 Å². The maximum absolute atomic E-state index is 12.7. The van der Waals surface area contributed by atoms with E-state index in [0.717, 1.165) is 11.4 Å². The fourth-order valence-corrected chi connectivity index (χ4v) is 4.11. The van der Waals surface area contributed by atoms with Gasteiger partial charge in [-0.15, -0.1) is 0 Å². The molecule has 1 atom stereocenters. The molecule has 0 aromatic carbocycles. The van der Waals surface area contributed by atoms with E-state index < -0.39 is 16.1 Å². The summed E-state index contributed by atoms with van der Waals surface area (Å²) in [6.45, 7) is -0.0667. The van der Waals surface area contributed by atoms with E-state index in [1.54, 1.807) is 12.4 Å².